The number of carbonyl (C=O) groups is 2. The van der Waals surface area contributed by atoms with Crippen LogP contribution in [0.2, 0.25) is 0 Å². The van der Waals surface area contributed by atoms with Crippen molar-refractivity contribution in [3.8, 4) is 29.3 Å². The summed E-state index contributed by atoms with van der Waals surface area (Å²) in [7, 11) is 5.79. The van der Waals surface area contributed by atoms with Crippen LogP contribution in [0.5, 0.6) is 29.3 Å². The van der Waals surface area contributed by atoms with Crippen LogP contribution in [0.25, 0.3) is 0 Å². The zero-order valence-electron chi connectivity index (χ0n) is 36.9. The van der Waals surface area contributed by atoms with Gasteiger partial charge in [0.05, 0.1) is 12.7 Å². The quantitative estimate of drug-likeness (QED) is 0.115. The molecule has 0 radical (unpaired) electrons. The second-order valence-corrected chi connectivity index (χ2v) is 15.8. The molecule has 4 aromatic carbocycles. The van der Waals surface area contributed by atoms with Crippen LogP contribution in [-0.2, 0) is 19.3 Å². The van der Waals surface area contributed by atoms with Crippen LogP contribution in [0.4, 0.5) is 24.5 Å². The third-order valence-electron chi connectivity index (χ3n) is 10.8. The number of nitrogens with zero attached hydrogens (tertiary/aromatic N) is 8. The molecule has 0 bridgehead atoms. The molecule has 4 heterocycles. The van der Waals surface area contributed by atoms with Gasteiger partial charge in [0.2, 0.25) is 0 Å². The average Bonchev–Trinajstić information content (AvgIpc) is 3.31. The van der Waals surface area contributed by atoms with E-state index in [1.807, 2.05) is 24.3 Å². The van der Waals surface area contributed by atoms with Gasteiger partial charge in [-0.25, -0.2) is 19.9 Å². The zero-order chi connectivity index (χ0) is 46.5. The molecule has 15 nitrogen and oxygen atoms in total. The van der Waals surface area contributed by atoms with Crippen LogP contribution in [0.1, 0.15) is 40.3 Å². The van der Waals surface area contributed by atoms with Crippen LogP contribution in [0.3, 0.4) is 0 Å². The molecular weight excluding hydrogens is 854 g/mol. The molecule has 2 amide bonds. The molecule has 0 aliphatic carbocycles. The van der Waals surface area contributed by atoms with Crippen LogP contribution in [0, 0.1) is 0 Å². The number of hydrogen-bond acceptors (Lipinski definition) is 13. The van der Waals surface area contributed by atoms with Gasteiger partial charge in [0.1, 0.15) is 5.75 Å². The molecule has 2 aliphatic heterocycles. The van der Waals surface area contributed by atoms with E-state index in [0.717, 1.165) is 88.7 Å². The molecule has 66 heavy (non-hydrogen) atoms. The SMILES string of the molecule is CN1CCN(Cc2cccc(C(=O)Nc3ccc(C(F)(F)F)c(Oc4ncccn4)c3)c2)CC1.COc1ccc(NC(=O)c2cccc(CN3CCN(C)CC3)c2)cc1Oc1ncccn1.[HH].[HH]. The molecule has 348 valence electrons. The summed E-state index contributed by atoms with van der Waals surface area (Å²) in [6.07, 6.45) is 1.25. The summed E-state index contributed by atoms with van der Waals surface area (Å²) in [4.78, 5) is 50.8. The van der Waals surface area contributed by atoms with Crippen molar-refractivity contribution in [3.63, 3.8) is 0 Å². The maximum atomic E-state index is 13.5. The van der Waals surface area contributed by atoms with Crippen molar-refractivity contribution in [1.29, 1.82) is 0 Å². The van der Waals surface area contributed by atoms with Crippen molar-refractivity contribution in [1.82, 2.24) is 39.5 Å². The summed E-state index contributed by atoms with van der Waals surface area (Å²) in [6, 6.07) is 26.5. The van der Waals surface area contributed by atoms with E-state index in [4.69, 9.17) is 14.2 Å². The number of anilines is 2. The van der Waals surface area contributed by atoms with E-state index in [0.29, 0.717) is 28.3 Å². The average molecular weight is 909 g/mol. The minimum atomic E-state index is -4.65. The largest absolute Gasteiger partial charge is 0.493 e. The lowest BCUT2D eigenvalue weighted by Crippen LogP contribution is -2.43. The van der Waals surface area contributed by atoms with Gasteiger partial charge in [-0.2, -0.15) is 13.2 Å². The maximum Gasteiger partial charge on any atom is 0.419 e. The Kier molecular flexibility index (Phi) is 15.9. The number of hydrogen-bond donors (Lipinski definition) is 2. The lowest BCUT2D eigenvalue weighted by molar-refractivity contribution is -0.138. The maximum absolute atomic E-state index is 13.5. The molecule has 0 atom stereocenters. The number of rotatable bonds is 13. The minimum Gasteiger partial charge on any atom is -0.493 e. The van der Waals surface area contributed by atoms with E-state index < -0.39 is 23.4 Å². The summed E-state index contributed by atoms with van der Waals surface area (Å²) in [5.41, 5.74) is 2.91. The third kappa shape index (κ3) is 13.5. The van der Waals surface area contributed by atoms with Crippen LogP contribution < -0.4 is 24.8 Å². The number of halogens is 3. The highest BCUT2D eigenvalue weighted by molar-refractivity contribution is 6.05. The highest BCUT2D eigenvalue weighted by Crippen LogP contribution is 2.39. The van der Waals surface area contributed by atoms with Gasteiger partial charge in [0.25, 0.3) is 11.8 Å². The fourth-order valence-electron chi connectivity index (χ4n) is 7.18. The standard InChI is InChI=1S/C24H24F3N5O2.C24H27N5O3.2H2/c1-31-10-12-32(13-11-31)16-17-4-2-5-18(14-17)22(33)30-19-6-7-20(24(25,26)27)21(15-19)34-23-28-8-3-9-29-23;1-28-11-13-29(14-12-28)17-18-5-3-6-19(15-18)23(30)27-20-7-8-21(31-2)22(16-20)32-24-25-9-4-10-26-24;;/h2-9,14-15H,10-13,16H2,1H3,(H,30,33);3-10,15-16H,11-14,17H2,1-2H3,(H,27,30);2*1H. The molecular formula is C48H55F3N10O5. The number of ether oxygens (including phenoxy) is 3. The van der Waals surface area contributed by atoms with Crippen molar-refractivity contribution >= 4 is 23.2 Å². The predicted octanol–water partition coefficient (Wildman–Crippen LogP) is 8.06. The molecule has 18 heteroatoms. The van der Waals surface area contributed by atoms with Crippen molar-refractivity contribution in [2.24, 2.45) is 0 Å². The van der Waals surface area contributed by atoms with Gasteiger partial charge < -0.3 is 34.6 Å². The summed E-state index contributed by atoms with van der Waals surface area (Å²) in [5, 5.41) is 5.59. The minimum absolute atomic E-state index is 0. The smallest absolute Gasteiger partial charge is 0.419 e. The fraction of sp³-hybridized carbons (Fsp3) is 0.292. The summed E-state index contributed by atoms with van der Waals surface area (Å²) >= 11 is 0. The Morgan fingerprint density at radius 1 is 0.576 bits per heavy atom. The van der Waals surface area contributed by atoms with Gasteiger partial charge in [0.15, 0.2) is 11.5 Å². The molecule has 2 aliphatic rings. The monoisotopic (exact) mass is 908 g/mol. The van der Waals surface area contributed by atoms with Crippen molar-refractivity contribution in [3.05, 3.63) is 150 Å². The van der Waals surface area contributed by atoms with E-state index in [1.54, 1.807) is 62.0 Å². The molecule has 6 aromatic rings. The Balaban J connectivity index is 0.000000247. The van der Waals surface area contributed by atoms with Crippen molar-refractivity contribution < 1.29 is 39.8 Å². The second-order valence-electron chi connectivity index (χ2n) is 15.8. The molecule has 8 rings (SSSR count). The molecule has 2 aromatic heterocycles. The number of methoxy groups -OCH3 is 1. The van der Waals surface area contributed by atoms with Gasteiger partial charge >= 0.3 is 18.2 Å². The molecule has 0 spiro atoms. The topological polar surface area (TPSA) is 150 Å². The molecule has 0 saturated carbocycles. The van der Waals surface area contributed by atoms with E-state index in [1.165, 1.54) is 24.5 Å². The Hall–Kier alpha value is -6.99. The van der Waals surface area contributed by atoms with Gasteiger partial charge in [0, 0.05) is 128 Å². The predicted molar refractivity (Wildman–Crippen MR) is 247 cm³/mol. The lowest BCUT2D eigenvalue weighted by Gasteiger charge is -2.32. The van der Waals surface area contributed by atoms with E-state index in [-0.39, 0.29) is 26.5 Å². The normalized spacial score (nSPS) is 14.9. The van der Waals surface area contributed by atoms with Gasteiger partial charge in [-0.3, -0.25) is 19.4 Å². The summed E-state index contributed by atoms with van der Waals surface area (Å²) in [6.45, 7) is 9.65. The van der Waals surface area contributed by atoms with Gasteiger partial charge in [-0.05, 0) is 85.9 Å². The first-order valence-electron chi connectivity index (χ1n) is 21.3. The zero-order valence-corrected chi connectivity index (χ0v) is 36.9. The highest BCUT2D eigenvalue weighted by atomic mass is 19.4. The first-order chi connectivity index (χ1) is 31.9. The third-order valence-corrected chi connectivity index (χ3v) is 10.8. The Bertz CT molecular complexity index is 2550. The van der Waals surface area contributed by atoms with E-state index >= 15 is 0 Å². The summed E-state index contributed by atoms with van der Waals surface area (Å²) in [5.74, 6) is -0.176. The van der Waals surface area contributed by atoms with Crippen LogP contribution in [0.15, 0.2) is 122 Å². The molecule has 0 unspecified atom stereocenters. The van der Waals surface area contributed by atoms with E-state index in [9.17, 15) is 22.8 Å². The number of alkyl halides is 3. The number of carbonyl (C=O) groups excluding carboxylic acids is 2. The van der Waals surface area contributed by atoms with Crippen molar-refractivity contribution in [2.45, 2.75) is 19.3 Å². The fourth-order valence-corrected chi connectivity index (χ4v) is 7.18. The number of aromatic nitrogens is 4. The van der Waals surface area contributed by atoms with Gasteiger partial charge in [-0.1, -0.05) is 24.3 Å². The van der Waals surface area contributed by atoms with Crippen molar-refractivity contribution in [2.75, 3.05) is 84.2 Å². The number of amides is 2. The number of nitrogens with one attached hydrogen (secondary N) is 2. The van der Waals surface area contributed by atoms with Gasteiger partial charge in [-0.15, -0.1) is 0 Å². The van der Waals surface area contributed by atoms with Crippen LogP contribution in [-0.4, -0.2) is 125 Å². The molecule has 2 N–H and O–H groups in total. The number of likely N-dealkylation sites (N-methyl/N-ethyl adjacent to an activating group) is 2. The Morgan fingerprint density at radius 3 is 1.47 bits per heavy atom. The highest BCUT2D eigenvalue weighted by Gasteiger charge is 2.35. The Morgan fingerprint density at radius 2 is 1.02 bits per heavy atom. The first kappa shape index (κ1) is 47.0. The second kappa shape index (κ2) is 22.3. The molecule has 2 fully saturated rings. The molecule has 2 saturated heterocycles. The number of benzene rings is 4. The van der Waals surface area contributed by atoms with Crippen LogP contribution >= 0.6 is 0 Å². The summed E-state index contributed by atoms with van der Waals surface area (Å²) < 4.78 is 56.7. The lowest BCUT2D eigenvalue weighted by atomic mass is 10.1. The number of piperazine rings is 2. The Labute approximate surface area is 384 Å². The first-order valence-corrected chi connectivity index (χ1v) is 21.3. The van der Waals surface area contributed by atoms with E-state index in [2.05, 4.69) is 70.3 Å².